The van der Waals surface area contributed by atoms with Crippen LogP contribution in [0, 0.1) is 0 Å². The number of nitrogens with two attached hydrogens (primary N) is 1. The molecule has 2 N–H and O–H groups in total. The molecule has 0 bridgehead atoms. The minimum Gasteiger partial charge on any atom is -0.398 e. The normalized spacial score (nSPS) is 11.0. The lowest BCUT2D eigenvalue weighted by Gasteiger charge is -2.01. The van der Waals surface area contributed by atoms with Crippen molar-refractivity contribution in [3.63, 3.8) is 0 Å². The number of thiazole rings is 1. The van der Waals surface area contributed by atoms with E-state index in [9.17, 15) is 0 Å². The van der Waals surface area contributed by atoms with E-state index in [0.29, 0.717) is 0 Å². The van der Waals surface area contributed by atoms with Gasteiger partial charge in [-0.15, -0.1) is 11.3 Å². The fraction of sp³-hybridized carbons (Fsp3) is 0. The molecule has 0 spiro atoms. The van der Waals surface area contributed by atoms with Gasteiger partial charge in [-0.25, -0.2) is 4.98 Å². The van der Waals surface area contributed by atoms with Crippen molar-refractivity contribution in [2.45, 2.75) is 0 Å². The number of anilines is 1. The summed E-state index contributed by atoms with van der Waals surface area (Å²) in [6, 6.07) is 18.2. The number of para-hydroxylation sites is 1. The topological polar surface area (TPSA) is 43.3 Å². The molecule has 0 aliphatic carbocycles. The van der Waals surface area contributed by atoms with E-state index in [1.807, 2.05) is 42.5 Å². The smallest absolute Gasteiger partial charge is 0.194 e. The van der Waals surface area contributed by atoms with Crippen molar-refractivity contribution in [2.24, 2.45) is 0 Å². The van der Waals surface area contributed by atoms with Gasteiger partial charge in [0.15, 0.2) is 4.96 Å². The Kier molecular flexibility index (Phi) is 2.75. The van der Waals surface area contributed by atoms with Crippen LogP contribution in [0.1, 0.15) is 0 Å². The minimum absolute atomic E-state index is 0.754. The Balaban J connectivity index is 1.89. The van der Waals surface area contributed by atoms with Crippen LogP contribution in [-0.2, 0) is 0 Å². The maximum atomic E-state index is 6.05. The molecule has 2 aromatic heterocycles. The van der Waals surface area contributed by atoms with Gasteiger partial charge in [-0.1, -0.05) is 48.5 Å². The number of hydrogen-bond donors (Lipinski definition) is 1. The number of aromatic nitrogens is 2. The van der Waals surface area contributed by atoms with Crippen molar-refractivity contribution in [1.29, 1.82) is 0 Å². The van der Waals surface area contributed by atoms with Crippen LogP contribution in [0.2, 0.25) is 0 Å². The quantitative estimate of drug-likeness (QED) is 0.559. The average Bonchev–Trinajstić information content (AvgIpc) is 3.08. The van der Waals surface area contributed by atoms with E-state index < -0.39 is 0 Å². The van der Waals surface area contributed by atoms with Gasteiger partial charge in [0.1, 0.15) is 0 Å². The van der Waals surface area contributed by atoms with Crippen LogP contribution in [-0.4, -0.2) is 9.38 Å². The van der Waals surface area contributed by atoms with Crippen molar-refractivity contribution >= 4 is 22.0 Å². The van der Waals surface area contributed by atoms with Gasteiger partial charge in [0, 0.05) is 22.8 Å². The van der Waals surface area contributed by atoms with E-state index >= 15 is 0 Å². The molecule has 4 rings (SSSR count). The summed E-state index contributed by atoms with van der Waals surface area (Å²) >= 11 is 1.64. The van der Waals surface area contributed by atoms with Crippen LogP contribution < -0.4 is 5.73 Å². The maximum absolute atomic E-state index is 6.05. The Morgan fingerprint density at radius 3 is 2.52 bits per heavy atom. The first-order valence-electron chi connectivity index (χ1n) is 6.70. The molecular formula is C17H13N3S. The predicted octanol–water partition coefficient (Wildman–Crippen LogP) is 4.31. The Morgan fingerprint density at radius 2 is 1.71 bits per heavy atom. The first-order valence-corrected chi connectivity index (χ1v) is 7.58. The molecule has 0 amide bonds. The van der Waals surface area contributed by atoms with E-state index in [-0.39, 0.29) is 0 Å². The Morgan fingerprint density at radius 1 is 0.952 bits per heavy atom. The van der Waals surface area contributed by atoms with Crippen molar-refractivity contribution in [3.05, 3.63) is 66.2 Å². The third-order valence-corrected chi connectivity index (χ3v) is 4.36. The Hall–Kier alpha value is -2.59. The largest absolute Gasteiger partial charge is 0.398 e. The summed E-state index contributed by atoms with van der Waals surface area (Å²) in [6.45, 7) is 0. The number of nitrogens with zero attached hydrogens (tertiary/aromatic N) is 2. The Bertz CT molecular complexity index is 906. The summed E-state index contributed by atoms with van der Waals surface area (Å²) in [5, 5.41) is 2.13. The summed E-state index contributed by atoms with van der Waals surface area (Å²) in [5.74, 6) is 0. The summed E-state index contributed by atoms with van der Waals surface area (Å²) in [6.07, 6.45) is 2.06. The molecule has 0 atom stereocenters. The standard InChI is InChI=1S/C17H13N3S/c18-14-9-5-4-8-13(14)15-10-20-16(11-21-17(20)19-15)12-6-2-1-3-7-12/h1-11H,18H2. The monoisotopic (exact) mass is 291 g/mol. The molecule has 102 valence electrons. The van der Waals surface area contributed by atoms with Crippen molar-refractivity contribution in [1.82, 2.24) is 9.38 Å². The van der Waals surface area contributed by atoms with E-state index in [2.05, 4.69) is 28.1 Å². The van der Waals surface area contributed by atoms with E-state index in [0.717, 1.165) is 27.6 Å². The lowest BCUT2D eigenvalue weighted by molar-refractivity contribution is 1.24. The predicted molar refractivity (Wildman–Crippen MR) is 88.4 cm³/mol. The fourth-order valence-electron chi connectivity index (χ4n) is 2.46. The van der Waals surface area contributed by atoms with Gasteiger partial charge in [-0.3, -0.25) is 4.40 Å². The number of fused-ring (bicyclic) bond motifs is 1. The molecule has 0 aliphatic heterocycles. The SMILES string of the molecule is Nc1ccccc1-c1cn2c(-c3ccccc3)csc2n1. The number of rotatable bonds is 2. The third kappa shape index (κ3) is 2.00. The first-order chi connectivity index (χ1) is 10.3. The molecule has 0 saturated heterocycles. The molecule has 0 aliphatic rings. The van der Waals surface area contributed by atoms with Crippen LogP contribution >= 0.6 is 11.3 Å². The van der Waals surface area contributed by atoms with Gasteiger partial charge in [0.2, 0.25) is 0 Å². The molecule has 4 aromatic rings. The summed E-state index contributed by atoms with van der Waals surface area (Å²) in [5.41, 5.74) is 11.0. The number of benzene rings is 2. The molecule has 3 nitrogen and oxygen atoms in total. The zero-order valence-electron chi connectivity index (χ0n) is 11.2. The molecule has 2 heterocycles. The zero-order valence-corrected chi connectivity index (χ0v) is 12.0. The zero-order chi connectivity index (χ0) is 14.2. The van der Waals surface area contributed by atoms with Gasteiger partial charge in [0.05, 0.1) is 11.4 Å². The van der Waals surface area contributed by atoms with Crippen molar-refractivity contribution in [2.75, 3.05) is 5.73 Å². The number of imidazole rings is 1. The maximum Gasteiger partial charge on any atom is 0.194 e. The van der Waals surface area contributed by atoms with E-state index in [1.165, 1.54) is 5.56 Å². The highest BCUT2D eigenvalue weighted by molar-refractivity contribution is 7.15. The van der Waals surface area contributed by atoms with Gasteiger partial charge in [-0.05, 0) is 11.6 Å². The molecule has 4 heteroatoms. The van der Waals surface area contributed by atoms with Crippen molar-refractivity contribution < 1.29 is 0 Å². The molecule has 0 radical (unpaired) electrons. The highest BCUT2D eigenvalue weighted by Crippen LogP contribution is 2.31. The first kappa shape index (κ1) is 12.2. The van der Waals surface area contributed by atoms with Crippen LogP contribution in [0.5, 0.6) is 0 Å². The van der Waals surface area contributed by atoms with Crippen molar-refractivity contribution in [3.8, 4) is 22.5 Å². The van der Waals surface area contributed by atoms with Crippen LogP contribution in [0.15, 0.2) is 66.2 Å². The van der Waals surface area contributed by atoms with E-state index in [4.69, 9.17) is 10.7 Å². The van der Waals surface area contributed by atoms with Crippen LogP contribution in [0.4, 0.5) is 5.69 Å². The van der Waals surface area contributed by atoms with Gasteiger partial charge in [-0.2, -0.15) is 0 Å². The third-order valence-electron chi connectivity index (χ3n) is 3.52. The van der Waals surface area contributed by atoms with Crippen LogP contribution in [0.25, 0.3) is 27.5 Å². The Labute approximate surface area is 126 Å². The highest BCUT2D eigenvalue weighted by Gasteiger charge is 2.12. The lowest BCUT2D eigenvalue weighted by atomic mass is 10.1. The summed E-state index contributed by atoms with van der Waals surface area (Å²) in [4.78, 5) is 5.67. The van der Waals surface area contributed by atoms with Crippen LogP contribution in [0.3, 0.4) is 0 Å². The van der Waals surface area contributed by atoms with Gasteiger partial charge in [0.25, 0.3) is 0 Å². The molecule has 0 fully saturated rings. The second-order valence-corrected chi connectivity index (χ2v) is 5.69. The lowest BCUT2D eigenvalue weighted by Crippen LogP contribution is -1.89. The fourth-order valence-corrected chi connectivity index (χ4v) is 3.34. The number of hydrogen-bond acceptors (Lipinski definition) is 3. The summed E-state index contributed by atoms with van der Waals surface area (Å²) in [7, 11) is 0. The van der Waals surface area contributed by atoms with Gasteiger partial charge < -0.3 is 5.73 Å². The van der Waals surface area contributed by atoms with E-state index in [1.54, 1.807) is 11.3 Å². The average molecular weight is 291 g/mol. The minimum atomic E-state index is 0.754. The highest BCUT2D eigenvalue weighted by atomic mass is 32.1. The molecule has 0 saturated carbocycles. The molecule has 2 aromatic carbocycles. The molecule has 0 unspecified atom stereocenters. The molecule has 21 heavy (non-hydrogen) atoms. The second kappa shape index (κ2) is 4.75. The number of nitrogen functional groups attached to an aromatic ring is 1. The second-order valence-electron chi connectivity index (χ2n) is 4.85. The summed E-state index contributed by atoms with van der Waals surface area (Å²) < 4.78 is 2.13. The van der Waals surface area contributed by atoms with Gasteiger partial charge >= 0.3 is 0 Å². The molecular weight excluding hydrogens is 278 g/mol.